The highest BCUT2D eigenvalue weighted by molar-refractivity contribution is 7.99. The number of hydrogen-bond acceptors (Lipinski definition) is 5. The average molecular weight is 473 g/mol. The Morgan fingerprint density at radius 3 is 2.29 bits per heavy atom. The van der Waals surface area contributed by atoms with Crippen molar-refractivity contribution in [2.75, 3.05) is 31.8 Å². The van der Waals surface area contributed by atoms with Crippen LogP contribution in [0.5, 0.6) is 0 Å². The van der Waals surface area contributed by atoms with Crippen molar-refractivity contribution in [1.29, 1.82) is 0 Å². The first kappa shape index (κ1) is 23.6. The minimum atomic E-state index is -0.140. The summed E-state index contributed by atoms with van der Waals surface area (Å²) in [5.74, 6) is 0.155. The summed E-state index contributed by atoms with van der Waals surface area (Å²) in [7, 11) is 5.79. The molecule has 4 rings (SSSR count). The van der Waals surface area contributed by atoms with Gasteiger partial charge in [-0.2, -0.15) is 0 Å². The van der Waals surface area contributed by atoms with Crippen LogP contribution in [0.3, 0.4) is 0 Å². The Morgan fingerprint density at radius 2 is 1.62 bits per heavy atom. The number of aromatic nitrogens is 2. The summed E-state index contributed by atoms with van der Waals surface area (Å²) < 4.78 is 1.60. The molecule has 0 spiro atoms. The molecule has 0 aliphatic carbocycles. The lowest BCUT2D eigenvalue weighted by atomic mass is 10.2. The molecule has 0 N–H and O–H groups in total. The Morgan fingerprint density at radius 1 is 0.941 bits per heavy atom. The molecular weight excluding hydrogens is 444 g/mol. The van der Waals surface area contributed by atoms with Gasteiger partial charge in [-0.15, -0.1) is 0 Å². The summed E-state index contributed by atoms with van der Waals surface area (Å²) in [6, 6.07) is 23.2. The standard InChI is InChI=1S/C27H28N4O2S/c1-19-9-13-22(14-10-19)31-26(33)23-7-5-6-8-24(23)28-27(31)34-18-25(32)30(4)17-20-11-15-21(16-12-20)29(2)3/h5-16H,17-18H2,1-4H3. The van der Waals surface area contributed by atoms with Gasteiger partial charge >= 0.3 is 0 Å². The summed E-state index contributed by atoms with van der Waals surface area (Å²) >= 11 is 1.28. The number of amides is 1. The molecule has 0 saturated carbocycles. The van der Waals surface area contributed by atoms with Crippen LogP contribution in [0.1, 0.15) is 11.1 Å². The average Bonchev–Trinajstić information content (AvgIpc) is 2.83. The Bertz CT molecular complexity index is 1360. The number of rotatable bonds is 7. The maximum absolute atomic E-state index is 13.3. The highest BCUT2D eigenvalue weighted by Gasteiger charge is 2.16. The zero-order valence-corrected chi connectivity index (χ0v) is 20.7. The molecule has 0 bridgehead atoms. The Hall–Kier alpha value is -3.58. The normalized spacial score (nSPS) is 10.9. The van der Waals surface area contributed by atoms with Crippen LogP contribution in [0.2, 0.25) is 0 Å². The molecule has 1 amide bonds. The molecule has 0 saturated heterocycles. The van der Waals surface area contributed by atoms with Crippen LogP contribution >= 0.6 is 11.8 Å². The zero-order valence-electron chi connectivity index (χ0n) is 19.9. The number of para-hydroxylation sites is 1. The lowest BCUT2D eigenvalue weighted by Gasteiger charge is -2.19. The molecule has 1 heterocycles. The van der Waals surface area contributed by atoms with Crippen molar-refractivity contribution in [3.8, 4) is 5.69 Å². The van der Waals surface area contributed by atoms with Crippen molar-refractivity contribution in [1.82, 2.24) is 14.5 Å². The predicted octanol–water partition coefficient (Wildman–Crippen LogP) is 4.51. The predicted molar refractivity (Wildman–Crippen MR) is 140 cm³/mol. The number of anilines is 1. The van der Waals surface area contributed by atoms with Crippen LogP contribution in [0.15, 0.2) is 82.7 Å². The van der Waals surface area contributed by atoms with Crippen LogP contribution in [-0.4, -0.2) is 47.3 Å². The minimum Gasteiger partial charge on any atom is -0.378 e. The Kier molecular flexibility index (Phi) is 7.03. The molecule has 0 fully saturated rings. The van der Waals surface area contributed by atoms with Crippen LogP contribution < -0.4 is 10.5 Å². The smallest absolute Gasteiger partial charge is 0.266 e. The molecule has 6 nitrogen and oxygen atoms in total. The first-order chi connectivity index (χ1) is 16.3. The summed E-state index contributed by atoms with van der Waals surface area (Å²) in [6.07, 6.45) is 0. The van der Waals surface area contributed by atoms with Gasteiger partial charge in [-0.3, -0.25) is 14.2 Å². The van der Waals surface area contributed by atoms with Crippen LogP contribution in [-0.2, 0) is 11.3 Å². The fourth-order valence-corrected chi connectivity index (χ4v) is 4.58. The van der Waals surface area contributed by atoms with Crippen molar-refractivity contribution in [3.05, 3.63) is 94.3 Å². The van der Waals surface area contributed by atoms with E-state index in [-0.39, 0.29) is 17.2 Å². The minimum absolute atomic E-state index is 0.0282. The zero-order chi connectivity index (χ0) is 24.2. The fraction of sp³-hybridized carbons (Fsp3) is 0.222. The van der Waals surface area contributed by atoms with Crippen molar-refractivity contribution >= 4 is 34.3 Å². The van der Waals surface area contributed by atoms with E-state index in [1.54, 1.807) is 22.6 Å². The summed E-state index contributed by atoms with van der Waals surface area (Å²) in [5, 5.41) is 1.06. The maximum Gasteiger partial charge on any atom is 0.266 e. The molecule has 34 heavy (non-hydrogen) atoms. The van der Waals surface area contributed by atoms with E-state index in [0.717, 1.165) is 22.5 Å². The van der Waals surface area contributed by atoms with Crippen molar-refractivity contribution < 1.29 is 4.79 Å². The largest absolute Gasteiger partial charge is 0.378 e. The third-order valence-electron chi connectivity index (χ3n) is 5.66. The van der Waals surface area contributed by atoms with Gasteiger partial charge in [0.1, 0.15) is 0 Å². The fourth-order valence-electron chi connectivity index (χ4n) is 3.63. The molecule has 3 aromatic carbocycles. The van der Waals surface area contributed by atoms with E-state index in [1.165, 1.54) is 11.8 Å². The summed E-state index contributed by atoms with van der Waals surface area (Å²) in [6.45, 7) is 2.52. The van der Waals surface area contributed by atoms with Crippen LogP contribution in [0.25, 0.3) is 16.6 Å². The van der Waals surface area contributed by atoms with Gasteiger partial charge in [-0.25, -0.2) is 4.98 Å². The van der Waals surface area contributed by atoms with Gasteiger partial charge < -0.3 is 9.80 Å². The molecule has 174 valence electrons. The highest BCUT2D eigenvalue weighted by atomic mass is 32.2. The molecular formula is C27H28N4O2S. The quantitative estimate of drug-likeness (QED) is 0.293. The monoisotopic (exact) mass is 472 g/mol. The first-order valence-corrected chi connectivity index (χ1v) is 12.0. The summed E-state index contributed by atoms with van der Waals surface area (Å²) in [5.41, 5.74) is 4.50. The first-order valence-electron chi connectivity index (χ1n) is 11.1. The van der Waals surface area contributed by atoms with Crippen molar-refractivity contribution in [3.63, 3.8) is 0 Å². The second-order valence-electron chi connectivity index (χ2n) is 8.49. The lowest BCUT2D eigenvalue weighted by Crippen LogP contribution is -2.28. The van der Waals surface area contributed by atoms with Gasteiger partial charge in [-0.05, 0) is 48.9 Å². The van der Waals surface area contributed by atoms with E-state index in [9.17, 15) is 9.59 Å². The third kappa shape index (κ3) is 5.15. The van der Waals surface area contributed by atoms with E-state index in [2.05, 4.69) is 0 Å². The van der Waals surface area contributed by atoms with E-state index in [1.807, 2.05) is 92.6 Å². The van der Waals surface area contributed by atoms with E-state index >= 15 is 0 Å². The van der Waals surface area contributed by atoms with Gasteiger partial charge in [0.2, 0.25) is 5.91 Å². The highest BCUT2D eigenvalue weighted by Crippen LogP contribution is 2.22. The molecule has 0 aliphatic rings. The molecule has 7 heteroatoms. The molecule has 1 aromatic heterocycles. The Balaban J connectivity index is 1.56. The van der Waals surface area contributed by atoms with Crippen molar-refractivity contribution in [2.24, 2.45) is 0 Å². The second kappa shape index (κ2) is 10.1. The number of carbonyl (C=O) groups is 1. The molecule has 4 aromatic rings. The maximum atomic E-state index is 13.3. The number of fused-ring (bicyclic) bond motifs is 1. The lowest BCUT2D eigenvalue weighted by molar-refractivity contribution is -0.127. The van der Waals surface area contributed by atoms with Crippen LogP contribution in [0.4, 0.5) is 5.69 Å². The number of aryl methyl sites for hydroxylation is 1. The number of carbonyl (C=O) groups excluding carboxylic acids is 1. The van der Waals surface area contributed by atoms with Gasteiger partial charge in [-0.1, -0.05) is 53.7 Å². The van der Waals surface area contributed by atoms with E-state index < -0.39 is 0 Å². The van der Waals surface area contributed by atoms with E-state index in [0.29, 0.717) is 22.6 Å². The number of hydrogen-bond donors (Lipinski definition) is 0. The number of nitrogens with zero attached hydrogens (tertiary/aromatic N) is 4. The summed E-state index contributed by atoms with van der Waals surface area (Å²) in [4.78, 5) is 34.7. The van der Waals surface area contributed by atoms with Gasteiger partial charge in [0.05, 0.1) is 22.3 Å². The Labute approximate surface area is 203 Å². The molecule has 0 atom stereocenters. The van der Waals surface area contributed by atoms with Crippen LogP contribution in [0, 0.1) is 6.92 Å². The number of thioether (sulfide) groups is 1. The van der Waals surface area contributed by atoms with Gasteiger partial charge in [0.15, 0.2) is 5.16 Å². The number of benzene rings is 3. The topological polar surface area (TPSA) is 58.4 Å². The van der Waals surface area contributed by atoms with Gasteiger partial charge in [0.25, 0.3) is 5.56 Å². The molecule has 0 unspecified atom stereocenters. The molecule has 0 aliphatic heterocycles. The second-order valence-corrected chi connectivity index (χ2v) is 9.43. The van der Waals surface area contributed by atoms with E-state index in [4.69, 9.17) is 4.98 Å². The van der Waals surface area contributed by atoms with Gasteiger partial charge in [0, 0.05) is 33.4 Å². The molecule has 0 radical (unpaired) electrons. The van der Waals surface area contributed by atoms with Crippen molar-refractivity contribution in [2.45, 2.75) is 18.6 Å². The SMILES string of the molecule is Cc1ccc(-n2c(SCC(=O)N(C)Cc3ccc(N(C)C)cc3)nc3ccccc3c2=O)cc1. The third-order valence-corrected chi connectivity index (χ3v) is 6.58.